The van der Waals surface area contributed by atoms with E-state index in [1.165, 1.54) is 12.1 Å². The Bertz CT molecular complexity index is 393. The predicted octanol–water partition coefficient (Wildman–Crippen LogP) is 2.65. The van der Waals surface area contributed by atoms with Gasteiger partial charge in [0.05, 0.1) is 6.42 Å². The summed E-state index contributed by atoms with van der Waals surface area (Å²) in [5, 5.41) is 12.0. The van der Waals surface area contributed by atoms with Gasteiger partial charge in [0.25, 0.3) is 0 Å². The van der Waals surface area contributed by atoms with Crippen LogP contribution >= 0.6 is 0 Å². The van der Waals surface area contributed by atoms with Crippen LogP contribution in [-0.2, 0) is 4.79 Å². The number of carboxylic acid groups (broad SMARTS) is 1. The first kappa shape index (κ1) is 13.6. The van der Waals surface area contributed by atoms with Crippen LogP contribution in [0, 0.1) is 12.7 Å². The van der Waals surface area contributed by atoms with Crippen LogP contribution < -0.4 is 5.32 Å². The predicted molar refractivity (Wildman–Crippen MR) is 64.4 cm³/mol. The van der Waals surface area contributed by atoms with Crippen molar-refractivity contribution in [2.45, 2.75) is 32.7 Å². The molecular weight excluding hydrogens is 221 g/mol. The fraction of sp³-hybridized carbons (Fsp3) is 0.462. The van der Waals surface area contributed by atoms with Gasteiger partial charge >= 0.3 is 5.97 Å². The standard InChI is InChI=1S/C13H18FNO2/c1-3-6-15-12(8-13(16)17)11-7-10(14)5-4-9(11)2/h4-5,7,12,15H,3,6,8H2,1-2H3,(H,16,17). The van der Waals surface area contributed by atoms with Gasteiger partial charge in [-0.25, -0.2) is 4.39 Å². The lowest BCUT2D eigenvalue weighted by atomic mass is 9.98. The number of carbonyl (C=O) groups is 1. The molecule has 3 nitrogen and oxygen atoms in total. The lowest BCUT2D eigenvalue weighted by Crippen LogP contribution is -2.25. The number of hydrogen-bond acceptors (Lipinski definition) is 2. The van der Waals surface area contributed by atoms with Crippen LogP contribution in [0.1, 0.15) is 36.9 Å². The molecular formula is C13H18FNO2. The third-order valence-electron chi connectivity index (χ3n) is 2.64. The van der Waals surface area contributed by atoms with Crippen LogP contribution in [0.2, 0.25) is 0 Å². The second kappa shape index (κ2) is 6.35. The number of aliphatic carboxylic acids is 1. The zero-order valence-electron chi connectivity index (χ0n) is 10.2. The Labute approximate surface area is 101 Å². The molecule has 0 fully saturated rings. The molecule has 0 aromatic heterocycles. The van der Waals surface area contributed by atoms with Crippen molar-refractivity contribution in [1.82, 2.24) is 5.32 Å². The van der Waals surface area contributed by atoms with E-state index in [9.17, 15) is 9.18 Å². The molecule has 0 saturated carbocycles. The van der Waals surface area contributed by atoms with Crippen molar-refractivity contribution >= 4 is 5.97 Å². The molecule has 2 N–H and O–H groups in total. The van der Waals surface area contributed by atoms with Crippen molar-refractivity contribution in [3.05, 3.63) is 35.1 Å². The first-order chi connectivity index (χ1) is 8.04. The van der Waals surface area contributed by atoms with Gasteiger partial charge in [-0.05, 0) is 43.1 Å². The van der Waals surface area contributed by atoms with Crippen molar-refractivity contribution in [3.63, 3.8) is 0 Å². The average Bonchev–Trinajstić information content (AvgIpc) is 2.27. The Balaban J connectivity index is 2.93. The Hall–Kier alpha value is -1.42. The topological polar surface area (TPSA) is 49.3 Å². The van der Waals surface area contributed by atoms with E-state index in [1.807, 2.05) is 13.8 Å². The average molecular weight is 239 g/mol. The Morgan fingerprint density at radius 2 is 2.24 bits per heavy atom. The van der Waals surface area contributed by atoms with Gasteiger partial charge in [-0.2, -0.15) is 0 Å². The van der Waals surface area contributed by atoms with Crippen molar-refractivity contribution in [1.29, 1.82) is 0 Å². The summed E-state index contributed by atoms with van der Waals surface area (Å²) in [5.74, 6) is -1.22. The van der Waals surface area contributed by atoms with Crippen LogP contribution in [0.25, 0.3) is 0 Å². The van der Waals surface area contributed by atoms with Crippen LogP contribution in [0.15, 0.2) is 18.2 Å². The molecule has 0 saturated heterocycles. The molecule has 0 amide bonds. The van der Waals surface area contributed by atoms with Crippen LogP contribution in [-0.4, -0.2) is 17.6 Å². The summed E-state index contributed by atoms with van der Waals surface area (Å²) in [4.78, 5) is 10.8. The normalized spacial score (nSPS) is 12.4. The molecule has 1 atom stereocenters. The van der Waals surface area contributed by atoms with E-state index < -0.39 is 5.97 Å². The van der Waals surface area contributed by atoms with E-state index in [4.69, 9.17) is 5.11 Å². The van der Waals surface area contributed by atoms with Crippen molar-refractivity contribution in [2.24, 2.45) is 0 Å². The van der Waals surface area contributed by atoms with Gasteiger partial charge in [-0.15, -0.1) is 0 Å². The monoisotopic (exact) mass is 239 g/mol. The molecule has 0 aliphatic rings. The number of rotatable bonds is 6. The van der Waals surface area contributed by atoms with E-state index in [2.05, 4.69) is 5.32 Å². The quantitative estimate of drug-likeness (QED) is 0.802. The fourth-order valence-corrected chi connectivity index (χ4v) is 1.77. The number of aryl methyl sites for hydroxylation is 1. The second-order valence-electron chi connectivity index (χ2n) is 4.11. The summed E-state index contributed by atoms with van der Waals surface area (Å²) < 4.78 is 13.2. The maximum absolute atomic E-state index is 13.2. The summed E-state index contributed by atoms with van der Waals surface area (Å²) in [7, 11) is 0. The molecule has 0 aliphatic carbocycles. The highest BCUT2D eigenvalue weighted by atomic mass is 19.1. The Kier molecular flexibility index (Phi) is 5.10. The lowest BCUT2D eigenvalue weighted by molar-refractivity contribution is -0.137. The summed E-state index contributed by atoms with van der Waals surface area (Å²) in [5.41, 5.74) is 1.63. The molecule has 0 spiro atoms. The molecule has 94 valence electrons. The van der Waals surface area contributed by atoms with Crippen LogP contribution in [0.3, 0.4) is 0 Å². The first-order valence-electron chi connectivity index (χ1n) is 5.75. The van der Waals surface area contributed by atoms with Crippen molar-refractivity contribution in [3.8, 4) is 0 Å². The molecule has 0 heterocycles. The maximum Gasteiger partial charge on any atom is 0.305 e. The number of benzene rings is 1. The number of carboxylic acids is 1. The third kappa shape index (κ3) is 4.15. The molecule has 0 bridgehead atoms. The van der Waals surface area contributed by atoms with E-state index in [1.54, 1.807) is 6.07 Å². The lowest BCUT2D eigenvalue weighted by Gasteiger charge is -2.19. The van der Waals surface area contributed by atoms with Crippen LogP contribution in [0.4, 0.5) is 4.39 Å². The molecule has 1 rings (SSSR count). The number of nitrogens with one attached hydrogen (secondary N) is 1. The summed E-state index contributed by atoms with van der Waals surface area (Å²) in [6, 6.07) is 4.14. The van der Waals surface area contributed by atoms with Gasteiger partial charge in [0, 0.05) is 6.04 Å². The SMILES string of the molecule is CCCNC(CC(=O)O)c1cc(F)ccc1C. The minimum atomic E-state index is -0.887. The summed E-state index contributed by atoms with van der Waals surface area (Å²) in [6.45, 7) is 4.58. The Morgan fingerprint density at radius 3 is 2.82 bits per heavy atom. The molecule has 0 radical (unpaired) electrons. The van der Waals surface area contributed by atoms with Crippen molar-refractivity contribution in [2.75, 3.05) is 6.54 Å². The van der Waals surface area contributed by atoms with Crippen LogP contribution in [0.5, 0.6) is 0 Å². The zero-order chi connectivity index (χ0) is 12.8. The third-order valence-corrected chi connectivity index (χ3v) is 2.64. The van der Waals surface area contributed by atoms with E-state index in [-0.39, 0.29) is 18.3 Å². The number of halogens is 1. The smallest absolute Gasteiger partial charge is 0.305 e. The minimum Gasteiger partial charge on any atom is -0.481 e. The Morgan fingerprint density at radius 1 is 1.53 bits per heavy atom. The maximum atomic E-state index is 13.2. The second-order valence-corrected chi connectivity index (χ2v) is 4.11. The number of hydrogen-bond donors (Lipinski definition) is 2. The highest BCUT2D eigenvalue weighted by Crippen LogP contribution is 2.21. The van der Waals surface area contributed by atoms with Gasteiger partial charge in [0.1, 0.15) is 5.82 Å². The van der Waals surface area contributed by atoms with E-state index in [0.29, 0.717) is 6.54 Å². The largest absolute Gasteiger partial charge is 0.481 e. The van der Waals surface area contributed by atoms with Gasteiger partial charge in [0.2, 0.25) is 0 Å². The fourth-order valence-electron chi connectivity index (χ4n) is 1.77. The molecule has 4 heteroatoms. The molecule has 0 aliphatic heterocycles. The van der Waals surface area contributed by atoms with Crippen molar-refractivity contribution < 1.29 is 14.3 Å². The highest BCUT2D eigenvalue weighted by molar-refractivity contribution is 5.68. The van der Waals surface area contributed by atoms with Gasteiger partial charge < -0.3 is 10.4 Å². The molecule has 1 aromatic rings. The minimum absolute atomic E-state index is 0.0374. The van der Waals surface area contributed by atoms with Gasteiger partial charge in [-0.3, -0.25) is 4.79 Å². The van der Waals surface area contributed by atoms with E-state index >= 15 is 0 Å². The van der Waals surface area contributed by atoms with E-state index in [0.717, 1.165) is 17.5 Å². The molecule has 1 unspecified atom stereocenters. The van der Waals surface area contributed by atoms with Gasteiger partial charge in [-0.1, -0.05) is 13.0 Å². The highest BCUT2D eigenvalue weighted by Gasteiger charge is 2.17. The molecule has 1 aromatic carbocycles. The zero-order valence-corrected chi connectivity index (χ0v) is 10.2. The summed E-state index contributed by atoms with van der Waals surface area (Å²) in [6.07, 6.45) is 0.870. The molecule has 17 heavy (non-hydrogen) atoms. The summed E-state index contributed by atoms with van der Waals surface area (Å²) >= 11 is 0. The van der Waals surface area contributed by atoms with Gasteiger partial charge in [0.15, 0.2) is 0 Å². The first-order valence-corrected chi connectivity index (χ1v) is 5.75.